The average Bonchev–Trinajstić information content (AvgIpc) is 2.26. The highest BCUT2D eigenvalue weighted by atomic mass is 16.6. The van der Waals surface area contributed by atoms with E-state index in [0.29, 0.717) is 0 Å². The summed E-state index contributed by atoms with van der Waals surface area (Å²) >= 11 is 0. The summed E-state index contributed by atoms with van der Waals surface area (Å²) in [5.41, 5.74) is 0.826. The fourth-order valence-corrected chi connectivity index (χ4v) is 1.45. The van der Waals surface area contributed by atoms with E-state index in [9.17, 15) is 10.1 Å². The molecular formula is C11H13NO3. The summed E-state index contributed by atoms with van der Waals surface area (Å²) in [6.07, 6.45) is 2.29. The lowest BCUT2D eigenvalue weighted by Crippen LogP contribution is -2.22. The van der Waals surface area contributed by atoms with Crippen LogP contribution in [0.3, 0.4) is 0 Å². The van der Waals surface area contributed by atoms with Crippen LogP contribution in [0.4, 0.5) is 0 Å². The SMILES string of the molecule is CC(C(/C=C\O)c1ccccc1)[N+](=O)[O-]. The zero-order valence-electron chi connectivity index (χ0n) is 8.41. The molecule has 2 unspecified atom stereocenters. The minimum atomic E-state index is -0.754. The van der Waals surface area contributed by atoms with Gasteiger partial charge in [0.15, 0.2) is 0 Å². The number of aliphatic hydroxyl groups is 1. The third kappa shape index (κ3) is 2.80. The molecule has 0 spiro atoms. The predicted molar refractivity (Wildman–Crippen MR) is 57.4 cm³/mol. The molecule has 0 amide bonds. The van der Waals surface area contributed by atoms with Gasteiger partial charge in [0.05, 0.1) is 12.2 Å². The highest BCUT2D eigenvalue weighted by Crippen LogP contribution is 2.22. The maximum Gasteiger partial charge on any atom is 0.220 e. The second-order valence-corrected chi connectivity index (χ2v) is 3.30. The van der Waals surface area contributed by atoms with E-state index in [2.05, 4.69) is 0 Å². The summed E-state index contributed by atoms with van der Waals surface area (Å²) in [7, 11) is 0. The van der Waals surface area contributed by atoms with E-state index in [-0.39, 0.29) is 4.92 Å². The van der Waals surface area contributed by atoms with E-state index < -0.39 is 12.0 Å². The molecule has 1 aromatic carbocycles. The minimum Gasteiger partial charge on any atom is -0.516 e. The van der Waals surface area contributed by atoms with E-state index in [1.807, 2.05) is 30.3 Å². The monoisotopic (exact) mass is 207 g/mol. The lowest BCUT2D eigenvalue weighted by atomic mass is 9.93. The van der Waals surface area contributed by atoms with Gasteiger partial charge in [-0.1, -0.05) is 30.3 Å². The highest BCUT2D eigenvalue weighted by molar-refractivity contribution is 5.24. The molecule has 0 fully saturated rings. The molecule has 0 aromatic heterocycles. The number of aliphatic hydroxyl groups excluding tert-OH is 1. The molecule has 80 valence electrons. The van der Waals surface area contributed by atoms with Gasteiger partial charge in [-0.05, 0) is 11.6 Å². The number of rotatable bonds is 4. The Kier molecular flexibility index (Phi) is 3.85. The van der Waals surface area contributed by atoms with Crippen LogP contribution in [-0.2, 0) is 0 Å². The van der Waals surface area contributed by atoms with E-state index in [1.54, 1.807) is 0 Å². The van der Waals surface area contributed by atoms with Crippen LogP contribution >= 0.6 is 0 Å². The van der Waals surface area contributed by atoms with Crippen LogP contribution in [0.15, 0.2) is 42.7 Å². The molecule has 0 saturated carbocycles. The Bertz CT molecular complexity index is 348. The van der Waals surface area contributed by atoms with Crippen LogP contribution in [0.1, 0.15) is 18.4 Å². The summed E-state index contributed by atoms with van der Waals surface area (Å²) < 4.78 is 0. The Labute approximate surface area is 88.0 Å². The number of hydrogen-bond donors (Lipinski definition) is 1. The van der Waals surface area contributed by atoms with Crippen molar-refractivity contribution >= 4 is 0 Å². The van der Waals surface area contributed by atoms with Gasteiger partial charge in [0.1, 0.15) is 0 Å². The van der Waals surface area contributed by atoms with Crippen LogP contribution in [0.2, 0.25) is 0 Å². The molecule has 0 saturated heterocycles. The first-order chi connectivity index (χ1) is 7.16. The molecule has 2 atom stereocenters. The molecule has 0 radical (unpaired) electrons. The van der Waals surface area contributed by atoms with Crippen molar-refractivity contribution in [3.63, 3.8) is 0 Å². The zero-order valence-corrected chi connectivity index (χ0v) is 8.41. The smallest absolute Gasteiger partial charge is 0.220 e. The standard InChI is InChI=1S/C11H13NO3/c1-9(12(14)15)11(7-8-13)10-5-3-2-4-6-10/h2-9,11,13H,1H3/b8-7-. The normalized spacial score (nSPS) is 15.0. The molecule has 0 bridgehead atoms. The third-order valence-electron chi connectivity index (χ3n) is 2.33. The molecule has 15 heavy (non-hydrogen) atoms. The van der Waals surface area contributed by atoms with E-state index in [0.717, 1.165) is 11.8 Å². The Hall–Kier alpha value is -1.84. The fourth-order valence-electron chi connectivity index (χ4n) is 1.45. The quantitative estimate of drug-likeness (QED) is 0.468. The maximum atomic E-state index is 10.7. The van der Waals surface area contributed by atoms with Gasteiger partial charge in [-0.3, -0.25) is 10.1 Å². The molecule has 0 heterocycles. The Morgan fingerprint density at radius 3 is 2.47 bits per heavy atom. The molecule has 4 nitrogen and oxygen atoms in total. The average molecular weight is 207 g/mol. The number of nitrogens with zero attached hydrogens (tertiary/aromatic N) is 1. The van der Waals surface area contributed by atoms with Crippen LogP contribution in [-0.4, -0.2) is 16.1 Å². The lowest BCUT2D eigenvalue weighted by molar-refractivity contribution is -0.520. The van der Waals surface area contributed by atoms with Crippen LogP contribution in [0, 0.1) is 10.1 Å². The zero-order chi connectivity index (χ0) is 11.3. The number of hydrogen-bond acceptors (Lipinski definition) is 3. The second-order valence-electron chi connectivity index (χ2n) is 3.30. The number of benzene rings is 1. The van der Waals surface area contributed by atoms with E-state index >= 15 is 0 Å². The minimum absolute atomic E-state index is 0.350. The summed E-state index contributed by atoms with van der Waals surface area (Å²) in [5, 5.41) is 19.4. The second kappa shape index (κ2) is 5.14. The molecule has 0 aliphatic rings. The van der Waals surface area contributed by atoms with Crippen molar-refractivity contribution in [3.05, 3.63) is 58.3 Å². The van der Waals surface area contributed by atoms with Crippen molar-refractivity contribution in [2.45, 2.75) is 18.9 Å². The predicted octanol–water partition coefficient (Wildman–Crippen LogP) is 2.51. The van der Waals surface area contributed by atoms with E-state index in [4.69, 9.17) is 5.11 Å². The van der Waals surface area contributed by atoms with Crippen LogP contribution in [0.5, 0.6) is 0 Å². The van der Waals surface area contributed by atoms with Gasteiger partial charge in [0.25, 0.3) is 0 Å². The molecule has 1 rings (SSSR count). The first-order valence-corrected chi connectivity index (χ1v) is 4.66. The number of nitro groups is 1. The van der Waals surface area contributed by atoms with Gasteiger partial charge in [-0.2, -0.15) is 0 Å². The van der Waals surface area contributed by atoms with Gasteiger partial charge < -0.3 is 5.11 Å². The largest absolute Gasteiger partial charge is 0.516 e. The molecular weight excluding hydrogens is 194 g/mol. The molecule has 1 N–H and O–H groups in total. The summed E-state index contributed by atoms with van der Waals surface area (Å²) in [6.45, 7) is 1.53. The third-order valence-corrected chi connectivity index (χ3v) is 2.33. The van der Waals surface area contributed by atoms with Gasteiger partial charge in [0, 0.05) is 11.8 Å². The molecule has 1 aromatic rings. The highest BCUT2D eigenvalue weighted by Gasteiger charge is 2.25. The summed E-state index contributed by atoms with van der Waals surface area (Å²) in [5.74, 6) is -0.397. The van der Waals surface area contributed by atoms with Crippen molar-refractivity contribution in [1.82, 2.24) is 0 Å². The topological polar surface area (TPSA) is 63.4 Å². The van der Waals surface area contributed by atoms with E-state index in [1.165, 1.54) is 13.0 Å². The van der Waals surface area contributed by atoms with Gasteiger partial charge >= 0.3 is 0 Å². The van der Waals surface area contributed by atoms with Crippen molar-refractivity contribution in [2.24, 2.45) is 0 Å². The van der Waals surface area contributed by atoms with Crippen molar-refractivity contribution in [3.8, 4) is 0 Å². The van der Waals surface area contributed by atoms with Crippen LogP contribution in [0.25, 0.3) is 0 Å². The van der Waals surface area contributed by atoms with Gasteiger partial charge in [-0.25, -0.2) is 0 Å². The van der Waals surface area contributed by atoms with Gasteiger partial charge in [-0.15, -0.1) is 0 Å². The van der Waals surface area contributed by atoms with Crippen molar-refractivity contribution in [2.75, 3.05) is 0 Å². The van der Waals surface area contributed by atoms with Crippen molar-refractivity contribution < 1.29 is 10.0 Å². The molecule has 0 aliphatic carbocycles. The van der Waals surface area contributed by atoms with Crippen LogP contribution < -0.4 is 0 Å². The fraction of sp³-hybridized carbons (Fsp3) is 0.273. The lowest BCUT2D eigenvalue weighted by Gasteiger charge is -2.14. The maximum absolute atomic E-state index is 10.7. The van der Waals surface area contributed by atoms with Crippen molar-refractivity contribution in [1.29, 1.82) is 0 Å². The molecule has 0 aliphatic heterocycles. The molecule has 4 heteroatoms. The Balaban J connectivity index is 2.98. The van der Waals surface area contributed by atoms with Gasteiger partial charge in [0.2, 0.25) is 6.04 Å². The summed E-state index contributed by atoms with van der Waals surface area (Å²) in [4.78, 5) is 10.3. The summed E-state index contributed by atoms with van der Waals surface area (Å²) in [6, 6.07) is 8.35. The Morgan fingerprint density at radius 1 is 1.40 bits per heavy atom. The first-order valence-electron chi connectivity index (χ1n) is 4.66. The first kappa shape index (κ1) is 11.2. The Morgan fingerprint density at radius 2 is 2.00 bits per heavy atom.